The van der Waals surface area contributed by atoms with Crippen molar-refractivity contribution in [3.05, 3.63) is 94.8 Å². The van der Waals surface area contributed by atoms with Gasteiger partial charge in [0.05, 0.1) is 21.6 Å². The van der Waals surface area contributed by atoms with Crippen LogP contribution in [0, 0.1) is 0 Å². The van der Waals surface area contributed by atoms with Crippen molar-refractivity contribution in [1.29, 1.82) is 0 Å². The average molecular weight is 530 g/mol. The van der Waals surface area contributed by atoms with Crippen molar-refractivity contribution in [2.75, 3.05) is 11.1 Å². The fourth-order valence-electron chi connectivity index (χ4n) is 3.33. The van der Waals surface area contributed by atoms with Gasteiger partial charge in [-0.1, -0.05) is 77.4 Å². The summed E-state index contributed by atoms with van der Waals surface area (Å²) in [5, 5.41) is 15.6. The summed E-state index contributed by atoms with van der Waals surface area (Å²) >= 11 is 15.2. The fourth-order valence-corrected chi connectivity index (χ4v) is 5.33. The molecule has 0 fully saturated rings. The molecule has 1 N–H and O–H groups in total. The third-order valence-electron chi connectivity index (χ3n) is 4.95. The molecule has 4 rings (SSSR count). The Bertz CT molecular complexity index is 1330. The van der Waals surface area contributed by atoms with Gasteiger partial charge in [-0.25, -0.2) is 0 Å². The van der Waals surface area contributed by atoms with Crippen LogP contribution in [-0.4, -0.2) is 26.4 Å². The normalized spacial score (nSPS) is 11.0. The lowest BCUT2D eigenvalue weighted by Crippen LogP contribution is -2.14. The van der Waals surface area contributed by atoms with Crippen LogP contribution in [0.15, 0.2) is 78.5 Å². The zero-order chi connectivity index (χ0) is 23.9. The number of aromatic nitrogens is 3. The number of nitrogens with zero attached hydrogens (tertiary/aromatic N) is 3. The Labute approximate surface area is 216 Å². The van der Waals surface area contributed by atoms with E-state index in [2.05, 4.69) is 22.1 Å². The second-order valence-corrected chi connectivity index (χ2v) is 10.2. The van der Waals surface area contributed by atoms with E-state index in [1.165, 1.54) is 11.8 Å². The number of carbonyl (C=O) groups is 1. The Morgan fingerprint density at radius 2 is 1.82 bits per heavy atom. The van der Waals surface area contributed by atoms with Gasteiger partial charge in [0.1, 0.15) is 5.82 Å². The van der Waals surface area contributed by atoms with Crippen LogP contribution in [-0.2, 0) is 22.8 Å². The number of carbonyl (C=O) groups excluding carboxylic acids is 1. The molecule has 0 radical (unpaired) electrons. The van der Waals surface area contributed by atoms with E-state index in [9.17, 15) is 4.79 Å². The van der Waals surface area contributed by atoms with Gasteiger partial charge in [-0.05, 0) is 40.6 Å². The standard InChI is InChI=1S/C25H22Cl2N4OS2/c1-2-11-31-23(15-33-14-17-7-10-21(26)22(27)12-17)29-30-25(31)34-16-24(32)28-20-9-8-18-5-3-4-6-19(18)13-20/h2-10,12-13H,1,11,14-16H2,(H,28,32). The molecule has 0 saturated heterocycles. The first kappa shape index (κ1) is 24.7. The van der Waals surface area contributed by atoms with Gasteiger partial charge in [-0.2, -0.15) is 0 Å². The molecular formula is C25H22Cl2N4OS2. The van der Waals surface area contributed by atoms with E-state index in [1.54, 1.807) is 23.9 Å². The Morgan fingerprint density at radius 1 is 1.00 bits per heavy atom. The number of halogens is 2. The topological polar surface area (TPSA) is 59.8 Å². The van der Waals surface area contributed by atoms with Crippen molar-refractivity contribution < 1.29 is 4.79 Å². The molecule has 174 valence electrons. The van der Waals surface area contributed by atoms with Crippen LogP contribution >= 0.6 is 46.7 Å². The highest BCUT2D eigenvalue weighted by molar-refractivity contribution is 7.99. The summed E-state index contributed by atoms with van der Waals surface area (Å²) in [5.41, 5.74) is 1.87. The average Bonchev–Trinajstić information content (AvgIpc) is 3.21. The number of allylic oxidation sites excluding steroid dienone is 1. The summed E-state index contributed by atoms with van der Waals surface area (Å²) in [7, 11) is 0. The van der Waals surface area contributed by atoms with Gasteiger partial charge in [0, 0.05) is 18.0 Å². The third kappa shape index (κ3) is 6.36. The van der Waals surface area contributed by atoms with Crippen LogP contribution in [0.3, 0.4) is 0 Å². The zero-order valence-electron chi connectivity index (χ0n) is 18.2. The Morgan fingerprint density at radius 3 is 2.62 bits per heavy atom. The van der Waals surface area contributed by atoms with E-state index < -0.39 is 0 Å². The maximum Gasteiger partial charge on any atom is 0.234 e. The van der Waals surface area contributed by atoms with Crippen molar-refractivity contribution in [1.82, 2.24) is 14.8 Å². The minimum atomic E-state index is -0.0935. The number of amides is 1. The Kier molecular flexibility index (Phi) is 8.56. The molecule has 34 heavy (non-hydrogen) atoms. The summed E-state index contributed by atoms with van der Waals surface area (Å²) in [6.45, 7) is 4.41. The second kappa shape index (κ2) is 11.8. The van der Waals surface area contributed by atoms with Gasteiger partial charge in [0.15, 0.2) is 5.16 Å². The van der Waals surface area contributed by atoms with Crippen molar-refractivity contribution in [2.24, 2.45) is 0 Å². The number of fused-ring (bicyclic) bond motifs is 1. The zero-order valence-corrected chi connectivity index (χ0v) is 21.4. The fraction of sp³-hybridized carbons (Fsp3) is 0.160. The van der Waals surface area contributed by atoms with E-state index in [0.717, 1.165) is 33.6 Å². The number of nitrogens with one attached hydrogen (secondary N) is 1. The minimum Gasteiger partial charge on any atom is -0.325 e. The maximum absolute atomic E-state index is 12.5. The third-order valence-corrected chi connectivity index (χ3v) is 7.66. The van der Waals surface area contributed by atoms with Gasteiger partial charge in [0.25, 0.3) is 0 Å². The number of rotatable bonds is 10. The molecule has 0 unspecified atom stereocenters. The number of hydrogen-bond acceptors (Lipinski definition) is 5. The van der Waals surface area contributed by atoms with Gasteiger partial charge < -0.3 is 9.88 Å². The molecule has 9 heteroatoms. The summed E-state index contributed by atoms with van der Waals surface area (Å²) in [6, 6.07) is 19.6. The maximum atomic E-state index is 12.5. The highest BCUT2D eigenvalue weighted by atomic mass is 35.5. The molecule has 1 aromatic heterocycles. The van der Waals surface area contributed by atoms with Crippen LogP contribution in [0.25, 0.3) is 10.8 Å². The molecule has 5 nitrogen and oxygen atoms in total. The van der Waals surface area contributed by atoms with Crippen LogP contribution in [0.1, 0.15) is 11.4 Å². The molecule has 1 amide bonds. The summed E-state index contributed by atoms with van der Waals surface area (Å²) in [6.07, 6.45) is 1.80. The molecule has 1 heterocycles. The summed E-state index contributed by atoms with van der Waals surface area (Å²) in [5.74, 6) is 2.42. The molecule has 0 spiro atoms. The lowest BCUT2D eigenvalue weighted by Gasteiger charge is -2.09. The van der Waals surface area contributed by atoms with Crippen LogP contribution in [0.4, 0.5) is 5.69 Å². The molecule has 0 aliphatic carbocycles. The number of hydrogen-bond donors (Lipinski definition) is 1. The smallest absolute Gasteiger partial charge is 0.234 e. The lowest BCUT2D eigenvalue weighted by atomic mass is 10.1. The molecule has 0 saturated carbocycles. The predicted octanol–water partition coefficient (Wildman–Crippen LogP) is 7.09. The predicted molar refractivity (Wildman–Crippen MR) is 145 cm³/mol. The van der Waals surface area contributed by atoms with E-state index in [0.29, 0.717) is 27.5 Å². The largest absolute Gasteiger partial charge is 0.325 e. The number of benzene rings is 3. The Balaban J connectivity index is 1.34. The SMILES string of the molecule is C=CCn1c(CSCc2ccc(Cl)c(Cl)c2)nnc1SCC(=O)Nc1ccc2ccccc2c1. The highest BCUT2D eigenvalue weighted by Crippen LogP contribution is 2.27. The van der Waals surface area contributed by atoms with E-state index >= 15 is 0 Å². The van der Waals surface area contributed by atoms with Gasteiger partial charge in [-0.15, -0.1) is 28.5 Å². The van der Waals surface area contributed by atoms with Crippen LogP contribution in [0.2, 0.25) is 10.0 Å². The first-order chi connectivity index (χ1) is 16.5. The molecule has 0 atom stereocenters. The quantitative estimate of drug-likeness (QED) is 0.176. The lowest BCUT2D eigenvalue weighted by molar-refractivity contribution is -0.113. The molecular weight excluding hydrogens is 507 g/mol. The second-order valence-electron chi connectivity index (χ2n) is 7.44. The monoisotopic (exact) mass is 528 g/mol. The van der Waals surface area contributed by atoms with Gasteiger partial charge in [-0.3, -0.25) is 4.79 Å². The molecule has 3 aromatic carbocycles. The molecule has 0 aliphatic rings. The highest BCUT2D eigenvalue weighted by Gasteiger charge is 2.14. The summed E-state index contributed by atoms with van der Waals surface area (Å²) < 4.78 is 1.99. The Hall–Kier alpha value is -2.45. The van der Waals surface area contributed by atoms with E-state index in [1.807, 2.05) is 59.2 Å². The molecule has 0 bridgehead atoms. The van der Waals surface area contributed by atoms with E-state index in [-0.39, 0.29) is 11.7 Å². The van der Waals surface area contributed by atoms with Crippen molar-refractivity contribution in [3.8, 4) is 0 Å². The van der Waals surface area contributed by atoms with Gasteiger partial charge >= 0.3 is 0 Å². The van der Waals surface area contributed by atoms with Crippen molar-refractivity contribution >= 4 is 69.1 Å². The van der Waals surface area contributed by atoms with Gasteiger partial charge in [0.2, 0.25) is 5.91 Å². The van der Waals surface area contributed by atoms with Crippen LogP contribution in [0.5, 0.6) is 0 Å². The number of anilines is 1. The first-order valence-corrected chi connectivity index (χ1v) is 13.4. The van der Waals surface area contributed by atoms with Crippen molar-refractivity contribution in [3.63, 3.8) is 0 Å². The molecule has 0 aliphatic heterocycles. The minimum absolute atomic E-state index is 0.0935. The number of thioether (sulfide) groups is 2. The summed E-state index contributed by atoms with van der Waals surface area (Å²) in [4.78, 5) is 12.5. The van der Waals surface area contributed by atoms with Crippen LogP contribution < -0.4 is 5.32 Å². The first-order valence-electron chi connectivity index (χ1n) is 10.5. The van der Waals surface area contributed by atoms with E-state index in [4.69, 9.17) is 23.2 Å². The molecule has 4 aromatic rings. The van der Waals surface area contributed by atoms with Crippen molar-refractivity contribution in [2.45, 2.75) is 23.2 Å².